The van der Waals surface area contributed by atoms with E-state index >= 15 is 0 Å². The van der Waals surface area contributed by atoms with Gasteiger partial charge in [-0.2, -0.15) is 5.26 Å². The van der Waals surface area contributed by atoms with Crippen molar-refractivity contribution in [1.29, 1.82) is 5.26 Å². The van der Waals surface area contributed by atoms with E-state index in [4.69, 9.17) is 4.74 Å². The molecule has 0 saturated carbocycles. The van der Waals surface area contributed by atoms with E-state index < -0.39 is 0 Å². The van der Waals surface area contributed by atoms with Gasteiger partial charge in [0.2, 0.25) is 5.91 Å². The first-order valence-electron chi connectivity index (χ1n) is 11.1. The molecular weight excluding hydrogens is 434 g/mol. The minimum Gasteiger partial charge on any atom is -0.490 e. The van der Waals surface area contributed by atoms with E-state index in [-0.39, 0.29) is 18.1 Å². The van der Waals surface area contributed by atoms with Gasteiger partial charge in [0, 0.05) is 11.1 Å². The number of likely N-dealkylation sites (N-methyl/N-ethyl adjacent to an activating group) is 1. The molecule has 1 aliphatic carbocycles. The van der Waals surface area contributed by atoms with E-state index in [0.717, 1.165) is 46.0 Å². The number of hydrogen-bond acceptors (Lipinski definition) is 7. The summed E-state index contributed by atoms with van der Waals surface area (Å²) >= 11 is 1.50. The monoisotopic (exact) mass is 461 g/mol. The first kappa shape index (κ1) is 22.9. The second-order valence-corrected chi connectivity index (χ2v) is 9.30. The van der Waals surface area contributed by atoms with Crippen LogP contribution in [0, 0.1) is 11.3 Å². The molecule has 2 aromatic carbocycles. The second kappa shape index (κ2) is 10.1. The normalized spacial score (nSPS) is 15.1. The van der Waals surface area contributed by atoms with Crippen molar-refractivity contribution in [1.82, 2.24) is 20.8 Å². The Morgan fingerprint density at radius 1 is 1.27 bits per heavy atom. The number of benzene rings is 2. The fourth-order valence-electron chi connectivity index (χ4n) is 4.16. The molecule has 1 atom stereocenters. The lowest BCUT2D eigenvalue weighted by Gasteiger charge is -2.27. The molecular formula is C25H27N5O2S. The molecule has 33 heavy (non-hydrogen) atoms. The Labute approximate surface area is 197 Å². The zero-order valence-corrected chi connectivity index (χ0v) is 19.8. The van der Waals surface area contributed by atoms with Gasteiger partial charge < -0.3 is 15.4 Å². The molecule has 1 aliphatic rings. The molecule has 7 nitrogen and oxygen atoms in total. The number of carbonyl (C=O) groups is 1. The van der Waals surface area contributed by atoms with Gasteiger partial charge in [0.05, 0.1) is 24.3 Å². The highest BCUT2D eigenvalue weighted by Crippen LogP contribution is 2.39. The number of hydrogen-bond donors (Lipinski definition) is 2. The number of rotatable bonds is 7. The number of carbonyl (C=O) groups excluding carboxylic acids is 1. The van der Waals surface area contributed by atoms with Crippen LogP contribution in [0.4, 0.5) is 0 Å². The van der Waals surface area contributed by atoms with E-state index in [1.807, 2.05) is 32.0 Å². The Morgan fingerprint density at radius 2 is 2.09 bits per heavy atom. The van der Waals surface area contributed by atoms with Gasteiger partial charge in [0.25, 0.3) is 0 Å². The largest absolute Gasteiger partial charge is 0.490 e. The molecule has 170 valence electrons. The molecule has 0 aliphatic heterocycles. The van der Waals surface area contributed by atoms with Crippen LogP contribution in [0.3, 0.4) is 0 Å². The third-order valence-corrected chi connectivity index (χ3v) is 6.55. The van der Waals surface area contributed by atoms with Crippen molar-refractivity contribution in [2.45, 2.75) is 45.3 Å². The summed E-state index contributed by atoms with van der Waals surface area (Å²) in [4.78, 5) is 12.1. The van der Waals surface area contributed by atoms with Gasteiger partial charge in [0.1, 0.15) is 21.8 Å². The molecule has 3 aromatic rings. The Hall–Kier alpha value is -3.28. The molecule has 0 radical (unpaired) electrons. The minimum atomic E-state index is -0.00724. The van der Waals surface area contributed by atoms with Gasteiger partial charge in [-0.3, -0.25) is 4.79 Å². The number of ether oxygens (including phenoxy) is 1. The van der Waals surface area contributed by atoms with E-state index in [1.165, 1.54) is 16.9 Å². The van der Waals surface area contributed by atoms with Crippen molar-refractivity contribution in [2.75, 3.05) is 13.6 Å². The standard InChI is InChI=1S/C25H27N5O2S/c1-15(2)32-22-11-10-16(12-17(22)13-26)24-29-30-25(33-24)20-8-4-7-19-18(20)6-5-9-21(19)28-23(31)14-27-3/h4,7-8,10-12,15,21,27H,5-6,9,14H2,1-3H3,(H,28,31). The van der Waals surface area contributed by atoms with Crippen LogP contribution in [0.25, 0.3) is 21.1 Å². The van der Waals surface area contributed by atoms with Crippen molar-refractivity contribution in [3.05, 3.63) is 53.1 Å². The molecule has 8 heteroatoms. The first-order chi connectivity index (χ1) is 16.0. The molecule has 4 rings (SSSR count). The molecule has 0 saturated heterocycles. The lowest BCUT2D eigenvalue weighted by atomic mass is 9.85. The van der Waals surface area contributed by atoms with Crippen LogP contribution in [0.1, 0.15) is 49.4 Å². The van der Waals surface area contributed by atoms with Crippen molar-refractivity contribution in [3.63, 3.8) is 0 Å². The highest BCUT2D eigenvalue weighted by atomic mass is 32.1. The molecule has 1 amide bonds. The van der Waals surface area contributed by atoms with Crippen LogP contribution < -0.4 is 15.4 Å². The number of aromatic nitrogens is 2. The van der Waals surface area contributed by atoms with E-state index in [2.05, 4.69) is 39.0 Å². The molecule has 2 N–H and O–H groups in total. The summed E-state index contributed by atoms with van der Waals surface area (Å²) in [6.45, 7) is 4.17. The van der Waals surface area contributed by atoms with Crippen molar-refractivity contribution >= 4 is 17.2 Å². The third-order valence-electron chi connectivity index (χ3n) is 5.54. The molecule has 1 aromatic heterocycles. The predicted octanol–water partition coefficient (Wildman–Crippen LogP) is 4.24. The lowest BCUT2D eigenvalue weighted by Crippen LogP contribution is -2.36. The minimum absolute atomic E-state index is 0.00264. The highest BCUT2D eigenvalue weighted by Gasteiger charge is 2.25. The molecule has 1 unspecified atom stereocenters. The number of nitriles is 1. The summed E-state index contributed by atoms with van der Waals surface area (Å²) < 4.78 is 5.73. The number of fused-ring (bicyclic) bond motifs is 1. The van der Waals surface area contributed by atoms with E-state index in [9.17, 15) is 10.1 Å². The Bertz CT molecular complexity index is 1200. The summed E-state index contributed by atoms with van der Waals surface area (Å²) in [5.41, 5.74) is 4.76. The Morgan fingerprint density at radius 3 is 2.85 bits per heavy atom. The van der Waals surface area contributed by atoms with Gasteiger partial charge in [-0.25, -0.2) is 0 Å². The summed E-state index contributed by atoms with van der Waals surface area (Å²) in [5.74, 6) is 0.571. The third kappa shape index (κ3) is 5.05. The fraction of sp³-hybridized carbons (Fsp3) is 0.360. The number of amides is 1. The van der Waals surface area contributed by atoms with Crippen LogP contribution >= 0.6 is 11.3 Å². The average molecular weight is 462 g/mol. The van der Waals surface area contributed by atoms with Crippen LogP contribution in [-0.2, 0) is 11.2 Å². The lowest BCUT2D eigenvalue weighted by molar-refractivity contribution is -0.121. The quantitative estimate of drug-likeness (QED) is 0.546. The summed E-state index contributed by atoms with van der Waals surface area (Å²) in [6.07, 6.45) is 2.86. The van der Waals surface area contributed by atoms with E-state index in [1.54, 1.807) is 13.1 Å². The van der Waals surface area contributed by atoms with Crippen LogP contribution in [0.2, 0.25) is 0 Å². The maximum Gasteiger partial charge on any atom is 0.234 e. The molecule has 0 bridgehead atoms. The van der Waals surface area contributed by atoms with Gasteiger partial charge in [-0.05, 0) is 69.5 Å². The summed E-state index contributed by atoms with van der Waals surface area (Å²) in [6, 6.07) is 13.9. The van der Waals surface area contributed by atoms with Crippen LogP contribution in [0.15, 0.2) is 36.4 Å². The van der Waals surface area contributed by atoms with Crippen LogP contribution in [0.5, 0.6) is 5.75 Å². The highest BCUT2D eigenvalue weighted by molar-refractivity contribution is 7.17. The second-order valence-electron chi connectivity index (χ2n) is 8.32. The Kier molecular flexibility index (Phi) is 7.02. The average Bonchev–Trinajstić information content (AvgIpc) is 3.29. The van der Waals surface area contributed by atoms with Crippen molar-refractivity contribution < 1.29 is 9.53 Å². The first-order valence-corrected chi connectivity index (χ1v) is 11.9. The predicted molar refractivity (Wildman–Crippen MR) is 129 cm³/mol. The maximum atomic E-state index is 12.1. The summed E-state index contributed by atoms with van der Waals surface area (Å²) in [5, 5.41) is 26.1. The fourth-order valence-corrected chi connectivity index (χ4v) is 5.05. The summed E-state index contributed by atoms with van der Waals surface area (Å²) in [7, 11) is 1.77. The van der Waals surface area contributed by atoms with Crippen LogP contribution in [-0.4, -0.2) is 35.8 Å². The molecule has 0 spiro atoms. The van der Waals surface area contributed by atoms with Gasteiger partial charge in [-0.15, -0.1) is 10.2 Å². The molecule has 1 heterocycles. The van der Waals surface area contributed by atoms with Gasteiger partial charge in [0.15, 0.2) is 0 Å². The van der Waals surface area contributed by atoms with E-state index in [0.29, 0.717) is 17.9 Å². The maximum absolute atomic E-state index is 12.1. The topological polar surface area (TPSA) is 99.9 Å². The van der Waals surface area contributed by atoms with Gasteiger partial charge in [-0.1, -0.05) is 29.5 Å². The zero-order chi connectivity index (χ0) is 23.4. The zero-order valence-electron chi connectivity index (χ0n) is 19.0. The van der Waals surface area contributed by atoms with Gasteiger partial charge >= 0.3 is 0 Å². The molecule has 0 fully saturated rings. The van der Waals surface area contributed by atoms with Crippen molar-refractivity contribution in [2.24, 2.45) is 0 Å². The number of nitrogens with zero attached hydrogens (tertiary/aromatic N) is 3. The number of nitrogens with one attached hydrogen (secondary N) is 2. The smallest absolute Gasteiger partial charge is 0.234 e. The SMILES string of the molecule is CNCC(=O)NC1CCCc2c(-c3nnc(-c4ccc(OC(C)C)c(C#N)c4)s3)cccc21. The Balaban J connectivity index is 1.64. The van der Waals surface area contributed by atoms with Crippen molar-refractivity contribution in [3.8, 4) is 33.0 Å².